The molecular formula is C9H19Br2O4P. The molecule has 0 aliphatic rings. The highest BCUT2D eigenvalue weighted by atomic mass is 79.9. The number of ether oxygens (including phenoxy) is 1. The van der Waals surface area contributed by atoms with Crippen LogP contribution in [0.4, 0.5) is 0 Å². The lowest BCUT2D eigenvalue weighted by atomic mass is 10.3. The van der Waals surface area contributed by atoms with Crippen LogP contribution >= 0.6 is 39.5 Å². The normalized spacial score (nSPS) is 14.0. The van der Waals surface area contributed by atoms with Crippen molar-refractivity contribution in [3.63, 3.8) is 0 Å². The molecule has 0 bridgehead atoms. The summed E-state index contributed by atoms with van der Waals surface area (Å²) >= 11 is 6.69. The van der Waals surface area contributed by atoms with Gasteiger partial charge < -0.3 is 13.8 Å². The number of alkyl halides is 2. The van der Waals surface area contributed by atoms with Crippen LogP contribution in [-0.4, -0.2) is 36.3 Å². The summed E-state index contributed by atoms with van der Waals surface area (Å²) in [6.07, 6.45) is 0.884. The van der Waals surface area contributed by atoms with Gasteiger partial charge in [-0.2, -0.15) is 0 Å². The summed E-state index contributed by atoms with van der Waals surface area (Å²) in [7, 11) is -3.07. The van der Waals surface area contributed by atoms with Gasteiger partial charge in [-0.15, -0.1) is 0 Å². The average molecular weight is 382 g/mol. The van der Waals surface area contributed by atoms with Gasteiger partial charge in [0.25, 0.3) is 0 Å². The maximum atomic E-state index is 12.0. The minimum absolute atomic E-state index is 0.0119. The summed E-state index contributed by atoms with van der Waals surface area (Å²) in [4.78, 5) is 0. The van der Waals surface area contributed by atoms with E-state index in [1.54, 1.807) is 13.8 Å². The fraction of sp³-hybridized carbons (Fsp3) is 1.00. The third-order valence-electron chi connectivity index (χ3n) is 1.72. The summed E-state index contributed by atoms with van der Waals surface area (Å²) in [5, 5.41) is 1.55. The van der Waals surface area contributed by atoms with E-state index in [2.05, 4.69) is 31.9 Å². The molecule has 0 fully saturated rings. The number of hydrogen-bond acceptors (Lipinski definition) is 4. The van der Waals surface area contributed by atoms with Crippen LogP contribution in [0, 0.1) is 0 Å². The highest BCUT2D eigenvalue weighted by Gasteiger charge is 2.25. The Morgan fingerprint density at radius 3 is 2.12 bits per heavy atom. The third kappa shape index (κ3) is 7.41. The molecule has 0 heterocycles. The Labute approximate surface area is 114 Å². The Morgan fingerprint density at radius 1 is 1.19 bits per heavy atom. The summed E-state index contributed by atoms with van der Waals surface area (Å²) in [5.41, 5.74) is 0. The van der Waals surface area contributed by atoms with E-state index < -0.39 is 7.60 Å². The molecule has 0 aliphatic heterocycles. The first-order valence-corrected chi connectivity index (χ1v) is 9.20. The van der Waals surface area contributed by atoms with Crippen molar-refractivity contribution >= 4 is 39.5 Å². The van der Waals surface area contributed by atoms with Gasteiger partial charge in [0.2, 0.25) is 0 Å². The molecule has 0 radical (unpaired) electrons. The second-order valence-electron chi connectivity index (χ2n) is 3.00. The summed E-state index contributed by atoms with van der Waals surface area (Å²) in [6.45, 7) is 4.29. The molecule has 0 amide bonds. The van der Waals surface area contributed by atoms with E-state index in [-0.39, 0.29) is 12.5 Å². The van der Waals surface area contributed by atoms with E-state index in [1.807, 2.05) is 0 Å². The Hall–Kier alpha value is 1.07. The van der Waals surface area contributed by atoms with E-state index >= 15 is 0 Å². The number of rotatable bonds is 10. The Bertz CT molecular complexity index is 206. The van der Waals surface area contributed by atoms with Crippen LogP contribution < -0.4 is 0 Å². The van der Waals surface area contributed by atoms with Gasteiger partial charge in [0.1, 0.15) is 6.35 Å². The van der Waals surface area contributed by atoms with Gasteiger partial charge in [0, 0.05) is 10.7 Å². The van der Waals surface area contributed by atoms with E-state index in [0.717, 1.165) is 11.8 Å². The van der Waals surface area contributed by atoms with Crippen molar-refractivity contribution in [3.8, 4) is 0 Å². The highest BCUT2D eigenvalue weighted by Crippen LogP contribution is 2.48. The zero-order chi connectivity index (χ0) is 12.4. The zero-order valence-corrected chi connectivity index (χ0v) is 13.7. The summed E-state index contributed by atoms with van der Waals surface area (Å²) in [5.74, 6) is 0. The molecule has 0 aromatic rings. The molecule has 0 aliphatic carbocycles. The summed E-state index contributed by atoms with van der Waals surface area (Å²) in [6, 6.07) is 0. The van der Waals surface area contributed by atoms with Crippen molar-refractivity contribution in [2.45, 2.75) is 26.4 Å². The van der Waals surface area contributed by atoms with Gasteiger partial charge in [-0.1, -0.05) is 31.9 Å². The number of halogens is 2. The second kappa shape index (κ2) is 10.0. The lowest BCUT2D eigenvalue weighted by Gasteiger charge is -2.20. The van der Waals surface area contributed by atoms with Crippen molar-refractivity contribution in [2.24, 2.45) is 0 Å². The molecule has 98 valence electrons. The van der Waals surface area contributed by atoms with Gasteiger partial charge >= 0.3 is 7.60 Å². The topological polar surface area (TPSA) is 44.8 Å². The maximum Gasteiger partial charge on any atom is 0.356 e. The molecule has 4 nitrogen and oxygen atoms in total. The predicted molar refractivity (Wildman–Crippen MR) is 72.8 cm³/mol. The highest BCUT2D eigenvalue weighted by molar-refractivity contribution is 9.09. The van der Waals surface area contributed by atoms with Crippen molar-refractivity contribution in [3.05, 3.63) is 0 Å². The van der Waals surface area contributed by atoms with Gasteiger partial charge in [-0.25, -0.2) is 0 Å². The van der Waals surface area contributed by atoms with Crippen LogP contribution in [0.3, 0.4) is 0 Å². The maximum absolute atomic E-state index is 12.0. The van der Waals surface area contributed by atoms with E-state index in [0.29, 0.717) is 18.5 Å². The molecule has 0 aromatic carbocycles. The Balaban J connectivity index is 4.13. The van der Waals surface area contributed by atoms with Crippen LogP contribution in [0.2, 0.25) is 0 Å². The first-order valence-electron chi connectivity index (χ1n) is 5.23. The van der Waals surface area contributed by atoms with Crippen LogP contribution in [0.25, 0.3) is 0 Å². The first-order chi connectivity index (χ1) is 7.61. The molecule has 0 spiro atoms. The molecule has 0 rings (SSSR count). The minimum Gasteiger partial charge on any atom is -0.365 e. The summed E-state index contributed by atoms with van der Waals surface area (Å²) < 4.78 is 27.8. The van der Waals surface area contributed by atoms with Gasteiger partial charge in [-0.05, 0) is 20.3 Å². The van der Waals surface area contributed by atoms with Gasteiger partial charge in [0.05, 0.1) is 19.3 Å². The second-order valence-corrected chi connectivity index (χ2v) is 6.43. The van der Waals surface area contributed by atoms with Crippen LogP contribution in [-0.2, 0) is 18.3 Å². The van der Waals surface area contributed by atoms with Crippen molar-refractivity contribution < 1.29 is 18.3 Å². The predicted octanol–water partition coefficient (Wildman–Crippen LogP) is 3.78. The quantitative estimate of drug-likeness (QED) is 0.426. The third-order valence-corrected chi connectivity index (χ3v) is 4.67. The molecule has 1 unspecified atom stereocenters. The van der Waals surface area contributed by atoms with Crippen molar-refractivity contribution in [2.75, 3.05) is 30.2 Å². The molecular weight excluding hydrogens is 363 g/mol. The molecule has 0 saturated carbocycles. The van der Waals surface area contributed by atoms with Gasteiger partial charge in [0.15, 0.2) is 0 Å². The fourth-order valence-corrected chi connectivity index (χ4v) is 3.45. The lowest BCUT2D eigenvalue weighted by Crippen LogP contribution is -2.17. The van der Waals surface area contributed by atoms with Crippen LogP contribution in [0.15, 0.2) is 0 Å². The minimum atomic E-state index is -3.07. The largest absolute Gasteiger partial charge is 0.365 e. The lowest BCUT2D eigenvalue weighted by molar-refractivity contribution is 0.0798. The zero-order valence-electron chi connectivity index (χ0n) is 9.66. The van der Waals surface area contributed by atoms with Gasteiger partial charge in [-0.3, -0.25) is 4.57 Å². The Morgan fingerprint density at radius 2 is 1.75 bits per heavy atom. The fourth-order valence-electron chi connectivity index (χ4n) is 1.03. The van der Waals surface area contributed by atoms with Crippen molar-refractivity contribution in [1.82, 2.24) is 0 Å². The smallest absolute Gasteiger partial charge is 0.356 e. The molecule has 0 saturated heterocycles. The monoisotopic (exact) mass is 380 g/mol. The molecule has 1 atom stereocenters. The van der Waals surface area contributed by atoms with Crippen LogP contribution in [0.1, 0.15) is 20.3 Å². The molecule has 0 aromatic heterocycles. The average Bonchev–Trinajstić information content (AvgIpc) is 2.25. The van der Waals surface area contributed by atoms with Crippen LogP contribution in [0.5, 0.6) is 0 Å². The Kier molecular flexibility index (Phi) is 10.7. The van der Waals surface area contributed by atoms with E-state index in [4.69, 9.17) is 13.8 Å². The molecule has 16 heavy (non-hydrogen) atoms. The SMILES string of the molecule is CCOP(=O)(COC(CBr)CCBr)OCC. The van der Waals surface area contributed by atoms with E-state index in [9.17, 15) is 4.57 Å². The standard InChI is InChI=1S/C9H19Br2O4P/c1-3-14-16(12,15-4-2)8-13-9(7-11)5-6-10/h9H,3-8H2,1-2H3. The number of hydrogen-bond donors (Lipinski definition) is 0. The van der Waals surface area contributed by atoms with E-state index in [1.165, 1.54) is 0 Å². The van der Waals surface area contributed by atoms with Crippen molar-refractivity contribution in [1.29, 1.82) is 0 Å². The molecule has 0 N–H and O–H groups in total. The molecule has 7 heteroatoms. The first kappa shape index (κ1) is 17.1.